The van der Waals surface area contributed by atoms with Gasteiger partial charge in [-0.05, 0) is 89.8 Å². The van der Waals surface area contributed by atoms with Gasteiger partial charge in [0.15, 0.2) is 9.81 Å². The Morgan fingerprint density at radius 1 is 0.659 bits per heavy atom. The van der Waals surface area contributed by atoms with Crippen LogP contribution in [0, 0.1) is 21.7 Å². The van der Waals surface area contributed by atoms with Crippen molar-refractivity contribution in [2.45, 2.75) is 107 Å². The van der Waals surface area contributed by atoms with Crippen LogP contribution in [0.25, 0.3) is 9.81 Å². The van der Waals surface area contributed by atoms with Crippen molar-refractivity contribution in [2.24, 2.45) is 21.7 Å². The second-order valence-corrected chi connectivity index (χ2v) is 17.8. The van der Waals surface area contributed by atoms with Gasteiger partial charge in [-0.2, -0.15) is 0 Å². The zero-order chi connectivity index (χ0) is 33.1. The molecule has 0 saturated carbocycles. The topological polar surface area (TPSA) is 121 Å². The van der Waals surface area contributed by atoms with E-state index in [-0.39, 0.29) is 10.8 Å². The van der Waals surface area contributed by atoms with Gasteiger partial charge in [0.2, 0.25) is 0 Å². The average Bonchev–Trinajstić information content (AvgIpc) is 2.92. The van der Waals surface area contributed by atoms with Crippen LogP contribution in [0.2, 0.25) is 0 Å². The number of hydrogen-bond donors (Lipinski definition) is 2. The van der Waals surface area contributed by atoms with Crippen LogP contribution < -0.4 is 0 Å². The van der Waals surface area contributed by atoms with Gasteiger partial charge < -0.3 is 19.3 Å². The van der Waals surface area contributed by atoms with Crippen molar-refractivity contribution in [3.63, 3.8) is 0 Å². The molecule has 2 unspecified atom stereocenters. The third-order valence-electron chi connectivity index (χ3n) is 8.51. The fourth-order valence-corrected chi connectivity index (χ4v) is 9.25. The van der Waals surface area contributed by atoms with Gasteiger partial charge in [-0.1, -0.05) is 52.7 Å². The molecule has 0 saturated heterocycles. The Kier molecular flexibility index (Phi) is 11.5. The van der Waals surface area contributed by atoms with Gasteiger partial charge in [-0.15, -0.1) is 0 Å². The third kappa shape index (κ3) is 9.15. The lowest BCUT2D eigenvalue weighted by Crippen LogP contribution is -2.24. The fraction of sp³-hybridized carbons (Fsp3) is 0.556. The van der Waals surface area contributed by atoms with Crippen molar-refractivity contribution in [2.75, 3.05) is 0 Å². The molecule has 1 aromatic carbocycles. The highest BCUT2D eigenvalue weighted by atomic mass is 32.2. The first-order valence-corrected chi connectivity index (χ1v) is 17.9. The summed E-state index contributed by atoms with van der Waals surface area (Å²) in [7, 11) is 0. The predicted molar refractivity (Wildman–Crippen MR) is 182 cm³/mol. The molecule has 0 spiro atoms. The van der Waals surface area contributed by atoms with E-state index in [0.29, 0.717) is 25.7 Å². The quantitative estimate of drug-likeness (QED) is 0.154. The Bertz CT molecular complexity index is 1260. The summed E-state index contributed by atoms with van der Waals surface area (Å²) >= 11 is -2.80. The average molecular weight is 643 g/mol. The summed E-state index contributed by atoms with van der Waals surface area (Å²) in [4.78, 5) is 26.1. The Labute approximate surface area is 270 Å². The smallest absolute Gasteiger partial charge is 0.309 e. The zero-order valence-electron chi connectivity index (χ0n) is 27.6. The number of carboxylic acids is 2. The highest BCUT2D eigenvalue weighted by Gasteiger charge is 2.38. The van der Waals surface area contributed by atoms with E-state index >= 15 is 0 Å². The van der Waals surface area contributed by atoms with Gasteiger partial charge in [0, 0.05) is 57.2 Å². The number of hydrogen-bond acceptors (Lipinski definition) is 4. The first kappa shape index (κ1) is 36.2. The van der Waals surface area contributed by atoms with Crippen LogP contribution in [-0.4, -0.2) is 31.3 Å². The van der Waals surface area contributed by atoms with Crippen LogP contribution in [-0.2, 0) is 31.9 Å². The molecule has 0 aliphatic carbocycles. The van der Waals surface area contributed by atoms with Gasteiger partial charge in [0.1, 0.15) is 9.81 Å². The lowest BCUT2D eigenvalue weighted by Gasteiger charge is -2.30. The van der Waals surface area contributed by atoms with E-state index in [0.717, 1.165) is 56.4 Å². The molecule has 6 nitrogen and oxygen atoms in total. The second-order valence-electron chi connectivity index (χ2n) is 14.8. The maximum absolute atomic E-state index is 14.1. The van der Waals surface area contributed by atoms with E-state index in [1.807, 2.05) is 24.3 Å². The summed E-state index contributed by atoms with van der Waals surface area (Å²) in [5, 5.41) is 18.9. The van der Waals surface area contributed by atoms with Crippen LogP contribution in [0.4, 0.5) is 0 Å². The molecule has 44 heavy (non-hydrogen) atoms. The molecule has 0 aromatic heterocycles. The van der Waals surface area contributed by atoms with Crippen molar-refractivity contribution >= 4 is 44.1 Å². The minimum atomic E-state index is -1.40. The van der Waals surface area contributed by atoms with E-state index in [4.69, 9.17) is 0 Å². The van der Waals surface area contributed by atoms with Crippen LogP contribution in [0.5, 0.6) is 0 Å². The van der Waals surface area contributed by atoms with Crippen molar-refractivity contribution in [3.8, 4) is 0 Å². The normalized spacial score (nSPS) is 21.6. The molecule has 0 radical (unpaired) electrons. The van der Waals surface area contributed by atoms with Crippen LogP contribution >= 0.6 is 0 Å². The molecule has 3 rings (SSSR count). The van der Waals surface area contributed by atoms with Crippen molar-refractivity contribution in [1.82, 2.24) is 0 Å². The first-order chi connectivity index (χ1) is 20.3. The number of benzene rings is 1. The molecule has 2 heterocycles. The SMILES string of the molecule is CC1(C)C=C(CCCCC(C)(C)C(=O)O)[S+]([O-])C(c2ccccc2C2=CC(C)(C)C=C(CCCCC(C)(C)C(=O)O)[S+]2[O-])=C1. The van der Waals surface area contributed by atoms with Gasteiger partial charge >= 0.3 is 11.9 Å². The number of aliphatic carboxylic acids is 2. The molecule has 8 heteroatoms. The molecule has 0 bridgehead atoms. The number of rotatable bonds is 14. The van der Waals surface area contributed by atoms with E-state index in [9.17, 15) is 28.9 Å². The molecule has 1 aromatic rings. The van der Waals surface area contributed by atoms with Gasteiger partial charge in [0.05, 0.1) is 10.8 Å². The van der Waals surface area contributed by atoms with Crippen LogP contribution in [0.15, 0.2) is 58.4 Å². The molecule has 0 amide bonds. The molecule has 2 N–H and O–H groups in total. The summed E-state index contributed by atoms with van der Waals surface area (Å²) in [6.45, 7) is 15.3. The maximum Gasteiger partial charge on any atom is 0.309 e. The highest BCUT2D eigenvalue weighted by molar-refractivity contribution is 8.04. The third-order valence-corrected chi connectivity index (χ3v) is 11.6. The Morgan fingerprint density at radius 2 is 1.00 bits per heavy atom. The first-order valence-electron chi connectivity index (χ1n) is 15.6. The van der Waals surface area contributed by atoms with Gasteiger partial charge in [-0.3, -0.25) is 9.59 Å². The summed E-state index contributed by atoms with van der Waals surface area (Å²) in [5.74, 6) is -1.61. The number of carbonyl (C=O) groups is 2. The fourth-order valence-electron chi connectivity index (χ4n) is 5.63. The van der Waals surface area contributed by atoms with Crippen molar-refractivity contribution < 1.29 is 28.9 Å². The lowest BCUT2D eigenvalue weighted by atomic mass is 9.86. The zero-order valence-corrected chi connectivity index (χ0v) is 29.3. The summed E-state index contributed by atoms with van der Waals surface area (Å²) < 4.78 is 28.1. The Hall–Kier alpha value is -2.26. The monoisotopic (exact) mass is 642 g/mol. The summed E-state index contributed by atoms with van der Waals surface area (Å²) in [5.41, 5.74) is -0.612. The highest BCUT2D eigenvalue weighted by Crippen LogP contribution is 2.46. The molecule has 242 valence electrons. The Balaban J connectivity index is 1.83. The van der Waals surface area contributed by atoms with Crippen LogP contribution in [0.3, 0.4) is 0 Å². The van der Waals surface area contributed by atoms with Crippen LogP contribution in [0.1, 0.15) is 118 Å². The molecule has 2 aliphatic heterocycles. The molecule has 0 fully saturated rings. The largest absolute Gasteiger partial charge is 0.607 e. The lowest BCUT2D eigenvalue weighted by molar-refractivity contribution is -0.148. The van der Waals surface area contributed by atoms with Crippen molar-refractivity contribution in [1.29, 1.82) is 0 Å². The summed E-state index contributed by atoms with van der Waals surface area (Å²) in [6, 6.07) is 7.78. The van der Waals surface area contributed by atoms with Crippen molar-refractivity contribution in [3.05, 3.63) is 69.5 Å². The van der Waals surface area contributed by atoms with E-state index in [1.54, 1.807) is 27.7 Å². The Morgan fingerprint density at radius 3 is 1.32 bits per heavy atom. The van der Waals surface area contributed by atoms with Gasteiger partial charge in [0.25, 0.3) is 0 Å². The summed E-state index contributed by atoms with van der Waals surface area (Å²) in [6.07, 6.45) is 13.6. The second kappa shape index (κ2) is 14.0. The van der Waals surface area contributed by atoms with E-state index in [1.165, 1.54) is 0 Å². The molecular formula is C36H50O6S2. The molecule has 2 aliphatic rings. The predicted octanol–water partition coefficient (Wildman–Crippen LogP) is 9.06. The minimum Gasteiger partial charge on any atom is -0.607 e. The molecule has 2 atom stereocenters. The number of allylic oxidation sites excluding steroid dienone is 6. The number of unbranched alkanes of at least 4 members (excludes halogenated alkanes) is 2. The van der Waals surface area contributed by atoms with Gasteiger partial charge in [-0.25, -0.2) is 0 Å². The van der Waals surface area contributed by atoms with E-state index < -0.39 is 45.1 Å². The minimum absolute atomic E-state index is 0.333. The maximum atomic E-state index is 14.1. The standard InChI is InChI=1S/C36H50O6S2/c1-33(2)21-25(15-11-13-19-35(5,6)31(37)38)43(41)29(23-33)27-17-9-10-18-28(27)30-24-34(3,4)22-26(44(30)42)16-12-14-20-36(7,8)32(39)40/h9-10,17-18,21-24H,11-16,19-20H2,1-8H3,(H,37,38)(H,39,40). The number of carboxylic acid groups (broad SMARTS) is 2. The molecular weight excluding hydrogens is 593 g/mol. The van der Waals surface area contributed by atoms with E-state index in [2.05, 4.69) is 52.0 Å².